The Hall–Kier alpha value is -3.74. The van der Waals surface area contributed by atoms with E-state index in [1.807, 2.05) is 0 Å². The molecular formula is C18H12N2O5. The lowest BCUT2D eigenvalue weighted by Gasteiger charge is -2.02. The third kappa shape index (κ3) is 3.78. The average Bonchev–Trinajstić information content (AvgIpc) is 2.61. The van der Waals surface area contributed by atoms with Crippen molar-refractivity contribution in [3.8, 4) is 0 Å². The summed E-state index contributed by atoms with van der Waals surface area (Å²) in [4.78, 5) is 33.9. The molecule has 0 bridgehead atoms. The smallest absolute Gasteiger partial charge is 0.360 e. The maximum Gasteiger partial charge on any atom is 0.360 e. The van der Waals surface area contributed by atoms with E-state index >= 15 is 0 Å². The molecule has 1 heterocycles. The van der Waals surface area contributed by atoms with E-state index in [2.05, 4.69) is 5.32 Å². The van der Waals surface area contributed by atoms with Gasteiger partial charge < -0.3 is 9.73 Å². The Morgan fingerprint density at radius 3 is 2.56 bits per heavy atom. The monoisotopic (exact) mass is 336 g/mol. The molecule has 124 valence electrons. The van der Waals surface area contributed by atoms with Crippen molar-refractivity contribution >= 4 is 34.3 Å². The van der Waals surface area contributed by atoms with Crippen LogP contribution in [0, 0.1) is 10.1 Å². The number of anilines is 1. The van der Waals surface area contributed by atoms with Crippen molar-refractivity contribution in [3.05, 3.63) is 86.8 Å². The lowest BCUT2D eigenvalue weighted by Crippen LogP contribution is -2.15. The van der Waals surface area contributed by atoms with Crippen LogP contribution in [0.1, 0.15) is 5.56 Å². The summed E-state index contributed by atoms with van der Waals surface area (Å²) in [5.74, 6) is -0.513. The van der Waals surface area contributed by atoms with Crippen LogP contribution < -0.4 is 10.9 Å². The summed E-state index contributed by atoms with van der Waals surface area (Å²) in [6, 6.07) is 14.2. The molecule has 1 amide bonds. The van der Waals surface area contributed by atoms with Crippen LogP contribution in [0.3, 0.4) is 0 Å². The number of non-ortho nitro benzene ring substituents is 1. The predicted molar refractivity (Wildman–Crippen MR) is 93.2 cm³/mol. The second-order valence-corrected chi connectivity index (χ2v) is 5.16. The van der Waals surface area contributed by atoms with Gasteiger partial charge in [-0.3, -0.25) is 14.9 Å². The number of benzene rings is 2. The van der Waals surface area contributed by atoms with Crippen LogP contribution in [0.2, 0.25) is 0 Å². The van der Waals surface area contributed by atoms with Crippen LogP contribution in [-0.4, -0.2) is 10.8 Å². The van der Waals surface area contributed by atoms with Crippen LogP contribution in [0.4, 0.5) is 11.4 Å². The van der Waals surface area contributed by atoms with E-state index in [0.717, 1.165) is 0 Å². The van der Waals surface area contributed by atoms with Crippen molar-refractivity contribution in [2.75, 3.05) is 5.32 Å². The summed E-state index contributed by atoms with van der Waals surface area (Å²) >= 11 is 0. The number of nitro groups is 1. The zero-order valence-electron chi connectivity index (χ0n) is 12.8. The SMILES string of the molecule is O=C(C=Cc1ccc([N+](=O)[O-])cc1)Nc1cc2ccccc2oc1=O. The summed E-state index contributed by atoms with van der Waals surface area (Å²) in [7, 11) is 0. The topological polar surface area (TPSA) is 102 Å². The highest BCUT2D eigenvalue weighted by Gasteiger charge is 2.07. The van der Waals surface area contributed by atoms with Crippen molar-refractivity contribution < 1.29 is 14.1 Å². The van der Waals surface area contributed by atoms with Crippen molar-refractivity contribution in [1.82, 2.24) is 0 Å². The Bertz CT molecular complexity index is 1040. The fraction of sp³-hybridized carbons (Fsp3) is 0. The van der Waals surface area contributed by atoms with Gasteiger partial charge in [-0.1, -0.05) is 18.2 Å². The van der Waals surface area contributed by atoms with Crippen LogP contribution >= 0.6 is 0 Å². The van der Waals surface area contributed by atoms with E-state index in [-0.39, 0.29) is 11.4 Å². The number of carbonyl (C=O) groups excluding carboxylic acids is 1. The molecule has 0 aliphatic rings. The van der Waals surface area contributed by atoms with E-state index in [1.54, 1.807) is 30.3 Å². The van der Waals surface area contributed by atoms with Gasteiger partial charge in [0.2, 0.25) is 5.91 Å². The number of fused-ring (bicyclic) bond motifs is 1. The predicted octanol–water partition coefficient (Wildman–Crippen LogP) is 3.35. The van der Waals surface area contributed by atoms with Gasteiger partial charge >= 0.3 is 5.63 Å². The molecule has 0 fully saturated rings. The number of nitrogens with zero attached hydrogens (tertiary/aromatic N) is 1. The lowest BCUT2D eigenvalue weighted by molar-refractivity contribution is -0.384. The fourth-order valence-corrected chi connectivity index (χ4v) is 2.20. The molecule has 0 saturated carbocycles. The van der Waals surface area contributed by atoms with Gasteiger partial charge in [0.1, 0.15) is 11.3 Å². The summed E-state index contributed by atoms with van der Waals surface area (Å²) < 4.78 is 5.13. The Kier molecular flexibility index (Phi) is 4.38. The van der Waals surface area contributed by atoms with Crippen LogP contribution in [0.5, 0.6) is 0 Å². The van der Waals surface area contributed by atoms with Crippen molar-refractivity contribution in [3.63, 3.8) is 0 Å². The third-order valence-corrected chi connectivity index (χ3v) is 3.43. The minimum atomic E-state index is -0.643. The standard InChI is InChI=1S/C18H12N2O5/c21-17(10-7-12-5-8-14(9-6-12)20(23)24)19-15-11-13-3-1-2-4-16(13)25-18(15)22/h1-11H,(H,19,21). The van der Waals surface area contributed by atoms with E-state index in [4.69, 9.17) is 4.42 Å². The van der Waals surface area contributed by atoms with Gasteiger partial charge in [0, 0.05) is 23.6 Å². The molecule has 0 radical (unpaired) electrons. The summed E-state index contributed by atoms with van der Waals surface area (Å²) in [5.41, 5.74) is 0.418. The third-order valence-electron chi connectivity index (χ3n) is 3.43. The van der Waals surface area contributed by atoms with E-state index in [9.17, 15) is 19.7 Å². The van der Waals surface area contributed by atoms with Crippen LogP contribution in [0.25, 0.3) is 17.0 Å². The van der Waals surface area contributed by atoms with E-state index in [1.165, 1.54) is 36.4 Å². The first kappa shape index (κ1) is 16.1. The molecule has 7 heteroatoms. The Morgan fingerprint density at radius 2 is 1.84 bits per heavy atom. The molecule has 1 aromatic heterocycles. The number of hydrogen-bond donors (Lipinski definition) is 1. The Morgan fingerprint density at radius 1 is 1.12 bits per heavy atom. The molecule has 1 N–H and O–H groups in total. The van der Waals surface area contributed by atoms with Crippen molar-refractivity contribution in [2.24, 2.45) is 0 Å². The molecule has 3 aromatic rings. The number of rotatable bonds is 4. The average molecular weight is 336 g/mol. The largest absolute Gasteiger partial charge is 0.421 e. The van der Waals surface area contributed by atoms with Gasteiger partial charge in [0.15, 0.2) is 0 Å². The van der Waals surface area contributed by atoms with E-state index in [0.29, 0.717) is 16.5 Å². The maximum absolute atomic E-state index is 12.0. The maximum atomic E-state index is 12.0. The summed E-state index contributed by atoms with van der Waals surface area (Å²) in [6.45, 7) is 0. The Labute approximate surface area is 141 Å². The first-order chi connectivity index (χ1) is 12.0. The minimum absolute atomic E-state index is 0.0321. The number of para-hydroxylation sites is 1. The summed E-state index contributed by atoms with van der Waals surface area (Å²) in [6.07, 6.45) is 2.72. The molecule has 0 atom stereocenters. The number of nitrogens with one attached hydrogen (secondary N) is 1. The van der Waals surface area contributed by atoms with Gasteiger partial charge in [-0.15, -0.1) is 0 Å². The van der Waals surface area contributed by atoms with Gasteiger partial charge in [0.25, 0.3) is 5.69 Å². The van der Waals surface area contributed by atoms with Gasteiger partial charge in [0.05, 0.1) is 4.92 Å². The molecule has 2 aromatic carbocycles. The molecule has 0 unspecified atom stereocenters. The molecule has 0 spiro atoms. The number of hydrogen-bond acceptors (Lipinski definition) is 5. The minimum Gasteiger partial charge on any atom is -0.421 e. The van der Waals surface area contributed by atoms with Gasteiger partial charge in [-0.25, -0.2) is 4.79 Å². The first-order valence-corrected chi connectivity index (χ1v) is 7.29. The van der Waals surface area contributed by atoms with Crippen molar-refractivity contribution in [2.45, 2.75) is 0 Å². The molecule has 0 aliphatic carbocycles. The quantitative estimate of drug-likeness (QED) is 0.341. The first-order valence-electron chi connectivity index (χ1n) is 7.29. The molecule has 25 heavy (non-hydrogen) atoms. The molecule has 7 nitrogen and oxygen atoms in total. The van der Waals surface area contributed by atoms with Gasteiger partial charge in [-0.05, 0) is 35.9 Å². The molecule has 0 aliphatic heterocycles. The van der Waals surface area contributed by atoms with Crippen LogP contribution in [0.15, 0.2) is 69.9 Å². The van der Waals surface area contributed by atoms with E-state index < -0.39 is 16.5 Å². The second kappa shape index (κ2) is 6.79. The highest BCUT2D eigenvalue weighted by atomic mass is 16.6. The zero-order valence-corrected chi connectivity index (χ0v) is 12.8. The number of amides is 1. The highest BCUT2D eigenvalue weighted by Crippen LogP contribution is 2.15. The molecular weight excluding hydrogens is 324 g/mol. The second-order valence-electron chi connectivity index (χ2n) is 5.16. The summed E-state index contributed by atoms with van der Waals surface area (Å²) in [5, 5.41) is 13.7. The zero-order chi connectivity index (χ0) is 17.8. The van der Waals surface area contributed by atoms with Crippen molar-refractivity contribution in [1.29, 1.82) is 0 Å². The Balaban J connectivity index is 1.75. The normalized spacial score (nSPS) is 10.9. The molecule has 3 rings (SSSR count). The van der Waals surface area contributed by atoms with Crippen LogP contribution in [-0.2, 0) is 4.79 Å². The number of carbonyl (C=O) groups is 1. The molecule has 0 saturated heterocycles. The fourth-order valence-electron chi connectivity index (χ4n) is 2.20. The lowest BCUT2D eigenvalue weighted by atomic mass is 10.2. The highest BCUT2D eigenvalue weighted by molar-refractivity contribution is 6.02. The van der Waals surface area contributed by atoms with Gasteiger partial charge in [-0.2, -0.15) is 0 Å². The number of nitro benzene ring substituents is 1.